The Balaban J connectivity index is 2.03. The van der Waals surface area contributed by atoms with Crippen molar-refractivity contribution in [1.82, 2.24) is 9.78 Å². The van der Waals surface area contributed by atoms with E-state index in [2.05, 4.69) is 10.4 Å². The second-order valence-corrected chi connectivity index (χ2v) is 5.63. The standard InChI is InChI=1S/C12H10F3N3O2S/c13-12(14,15)9-4-6(8-2-1-3-21-8)16-10-5-7(11(19)20)17-18(9)10/h1-3,5-6,9,16H,4H2,(H,19,20)/p-1/t6-,9-/m1/s1. The minimum Gasteiger partial charge on any atom is -0.543 e. The van der Waals surface area contributed by atoms with Gasteiger partial charge in [-0.15, -0.1) is 11.3 Å². The Labute approximate surface area is 121 Å². The maximum atomic E-state index is 13.2. The molecule has 3 rings (SSSR count). The zero-order chi connectivity index (χ0) is 15.2. The number of carboxylic acids is 1. The molecule has 0 aromatic carbocycles. The van der Waals surface area contributed by atoms with Gasteiger partial charge in [-0.3, -0.25) is 0 Å². The molecule has 21 heavy (non-hydrogen) atoms. The highest BCUT2D eigenvalue weighted by Gasteiger charge is 2.46. The predicted octanol–water partition coefficient (Wildman–Crippen LogP) is 1.97. The highest BCUT2D eigenvalue weighted by Crippen LogP contribution is 2.44. The Kier molecular flexibility index (Phi) is 3.16. The van der Waals surface area contributed by atoms with Crippen LogP contribution in [0, 0.1) is 0 Å². The van der Waals surface area contributed by atoms with Gasteiger partial charge in [0.15, 0.2) is 6.04 Å². The number of halogens is 3. The molecule has 0 amide bonds. The molecule has 0 saturated heterocycles. The Hall–Kier alpha value is -2.03. The first kappa shape index (κ1) is 13.9. The predicted molar refractivity (Wildman–Crippen MR) is 66.9 cm³/mol. The molecule has 1 aliphatic heterocycles. The third kappa shape index (κ3) is 2.48. The number of aromatic nitrogens is 2. The number of alkyl halides is 3. The van der Waals surface area contributed by atoms with Crippen molar-refractivity contribution in [3.8, 4) is 0 Å². The average molecular weight is 316 g/mol. The van der Waals surface area contributed by atoms with E-state index in [4.69, 9.17) is 0 Å². The monoisotopic (exact) mass is 316 g/mol. The van der Waals surface area contributed by atoms with Crippen molar-refractivity contribution < 1.29 is 23.1 Å². The van der Waals surface area contributed by atoms with E-state index >= 15 is 0 Å². The highest BCUT2D eigenvalue weighted by atomic mass is 32.1. The lowest BCUT2D eigenvalue weighted by Gasteiger charge is -2.32. The summed E-state index contributed by atoms with van der Waals surface area (Å²) < 4.78 is 40.3. The Morgan fingerprint density at radius 1 is 1.52 bits per heavy atom. The van der Waals surface area contributed by atoms with Crippen LogP contribution < -0.4 is 10.4 Å². The van der Waals surface area contributed by atoms with Crippen molar-refractivity contribution in [3.63, 3.8) is 0 Å². The van der Waals surface area contributed by atoms with Crippen molar-refractivity contribution >= 4 is 23.1 Å². The zero-order valence-corrected chi connectivity index (χ0v) is 11.2. The summed E-state index contributed by atoms with van der Waals surface area (Å²) in [6.45, 7) is 0. The number of aromatic carboxylic acids is 1. The summed E-state index contributed by atoms with van der Waals surface area (Å²) in [6.07, 6.45) is -4.76. The molecule has 0 aliphatic carbocycles. The molecule has 3 heterocycles. The summed E-state index contributed by atoms with van der Waals surface area (Å²) in [5, 5.41) is 19.0. The number of nitrogens with zero attached hydrogens (tertiary/aromatic N) is 2. The highest BCUT2D eigenvalue weighted by molar-refractivity contribution is 7.10. The third-order valence-electron chi connectivity index (χ3n) is 3.29. The van der Waals surface area contributed by atoms with Crippen molar-refractivity contribution in [3.05, 3.63) is 34.2 Å². The largest absolute Gasteiger partial charge is 0.543 e. The molecule has 1 N–H and O–H groups in total. The van der Waals surface area contributed by atoms with Crippen LogP contribution in [0.4, 0.5) is 19.0 Å². The average Bonchev–Trinajstić information content (AvgIpc) is 3.05. The third-order valence-corrected chi connectivity index (χ3v) is 4.27. The molecule has 112 valence electrons. The summed E-state index contributed by atoms with van der Waals surface area (Å²) in [7, 11) is 0. The van der Waals surface area contributed by atoms with Gasteiger partial charge in [-0.25, -0.2) is 4.68 Å². The molecule has 2 aromatic heterocycles. The number of anilines is 1. The summed E-state index contributed by atoms with van der Waals surface area (Å²) in [5.41, 5.74) is -0.515. The van der Waals surface area contributed by atoms with E-state index in [-0.39, 0.29) is 12.2 Å². The molecule has 1 aliphatic rings. The first-order chi connectivity index (χ1) is 9.86. The molecule has 0 spiro atoms. The molecule has 9 heteroatoms. The van der Waals surface area contributed by atoms with Gasteiger partial charge in [0, 0.05) is 17.4 Å². The lowest BCUT2D eigenvalue weighted by Crippen LogP contribution is -2.35. The molecule has 2 atom stereocenters. The van der Waals surface area contributed by atoms with Crippen LogP contribution in [0.1, 0.15) is 33.9 Å². The molecule has 0 fully saturated rings. The van der Waals surface area contributed by atoms with E-state index in [1.165, 1.54) is 11.3 Å². The molecule has 0 unspecified atom stereocenters. The second kappa shape index (κ2) is 4.76. The zero-order valence-electron chi connectivity index (χ0n) is 10.4. The molecular weight excluding hydrogens is 307 g/mol. The van der Waals surface area contributed by atoms with E-state index in [0.29, 0.717) is 4.68 Å². The van der Waals surface area contributed by atoms with Crippen molar-refractivity contribution in [2.45, 2.75) is 24.7 Å². The number of hydrogen-bond donors (Lipinski definition) is 1. The van der Waals surface area contributed by atoms with Crippen LogP contribution in [0.2, 0.25) is 0 Å². The SMILES string of the molecule is O=C([O-])c1cc2n(n1)[C@@H](C(F)(F)F)C[C@H](c1cccs1)N2. The lowest BCUT2D eigenvalue weighted by atomic mass is 10.0. The van der Waals surface area contributed by atoms with Crippen LogP contribution in [-0.2, 0) is 0 Å². The fourth-order valence-electron chi connectivity index (χ4n) is 2.35. The molecule has 0 bridgehead atoms. The van der Waals surface area contributed by atoms with Crippen LogP contribution in [0.25, 0.3) is 0 Å². The quantitative estimate of drug-likeness (QED) is 0.919. The second-order valence-electron chi connectivity index (χ2n) is 4.65. The number of nitrogens with one attached hydrogen (secondary N) is 1. The van der Waals surface area contributed by atoms with Gasteiger partial charge in [0.2, 0.25) is 0 Å². The van der Waals surface area contributed by atoms with E-state index < -0.39 is 29.9 Å². The van der Waals surface area contributed by atoms with Gasteiger partial charge >= 0.3 is 6.18 Å². The van der Waals surface area contributed by atoms with Crippen LogP contribution in [0.3, 0.4) is 0 Å². The minimum absolute atomic E-state index is 0.0289. The Morgan fingerprint density at radius 3 is 2.86 bits per heavy atom. The van der Waals surface area contributed by atoms with Gasteiger partial charge < -0.3 is 15.2 Å². The van der Waals surface area contributed by atoms with Crippen LogP contribution in [-0.4, -0.2) is 21.9 Å². The number of carbonyl (C=O) groups is 1. The summed E-state index contributed by atoms with van der Waals surface area (Å²) in [5.74, 6) is -1.58. The van der Waals surface area contributed by atoms with Gasteiger partial charge in [0.25, 0.3) is 0 Å². The number of hydrogen-bond acceptors (Lipinski definition) is 5. The normalized spacial score (nSPS) is 21.7. The Bertz CT molecular complexity index is 666. The van der Waals surface area contributed by atoms with Gasteiger partial charge in [0.1, 0.15) is 11.5 Å². The molecule has 0 radical (unpaired) electrons. The van der Waals surface area contributed by atoms with Crippen LogP contribution in [0.15, 0.2) is 23.6 Å². The van der Waals surface area contributed by atoms with Gasteiger partial charge in [-0.1, -0.05) is 6.07 Å². The van der Waals surface area contributed by atoms with Crippen molar-refractivity contribution in [2.75, 3.05) is 5.32 Å². The molecule has 2 aromatic rings. The van der Waals surface area contributed by atoms with Gasteiger partial charge in [0.05, 0.1) is 12.0 Å². The number of fused-ring (bicyclic) bond motifs is 1. The summed E-state index contributed by atoms with van der Waals surface area (Å²) in [4.78, 5) is 11.5. The van der Waals surface area contributed by atoms with Crippen LogP contribution in [0.5, 0.6) is 0 Å². The molecular formula is C12H9F3N3O2S-. The maximum Gasteiger partial charge on any atom is 0.410 e. The fraction of sp³-hybridized carbons (Fsp3) is 0.333. The van der Waals surface area contributed by atoms with Gasteiger partial charge in [-0.05, 0) is 11.4 Å². The fourth-order valence-corrected chi connectivity index (χ4v) is 3.14. The van der Waals surface area contributed by atoms with Crippen molar-refractivity contribution in [2.24, 2.45) is 0 Å². The van der Waals surface area contributed by atoms with Gasteiger partial charge in [-0.2, -0.15) is 18.3 Å². The van der Waals surface area contributed by atoms with Crippen molar-refractivity contribution in [1.29, 1.82) is 0 Å². The lowest BCUT2D eigenvalue weighted by molar-refractivity contribution is -0.255. The van der Waals surface area contributed by atoms with E-state index in [0.717, 1.165) is 10.9 Å². The van der Waals surface area contributed by atoms with E-state index in [9.17, 15) is 23.1 Å². The smallest absolute Gasteiger partial charge is 0.410 e. The van der Waals surface area contributed by atoms with E-state index in [1.807, 2.05) is 0 Å². The number of thiophene rings is 1. The first-order valence-corrected chi connectivity index (χ1v) is 6.92. The topological polar surface area (TPSA) is 70.0 Å². The summed E-state index contributed by atoms with van der Waals surface area (Å²) in [6, 6.07) is 2.15. The number of rotatable bonds is 2. The molecule has 0 saturated carbocycles. The maximum absolute atomic E-state index is 13.2. The number of carboxylic acid groups (broad SMARTS) is 1. The molecule has 5 nitrogen and oxygen atoms in total. The van der Waals surface area contributed by atoms with Crippen LogP contribution >= 0.6 is 11.3 Å². The van der Waals surface area contributed by atoms with E-state index in [1.54, 1.807) is 17.5 Å². The first-order valence-electron chi connectivity index (χ1n) is 6.04. The Morgan fingerprint density at radius 2 is 2.29 bits per heavy atom. The minimum atomic E-state index is -4.51. The summed E-state index contributed by atoms with van der Waals surface area (Å²) >= 11 is 1.34. The number of carbonyl (C=O) groups excluding carboxylic acids is 1.